The molecule has 0 radical (unpaired) electrons. The van der Waals surface area contributed by atoms with Crippen LogP contribution in [0.4, 0.5) is 8.78 Å². The zero-order valence-corrected chi connectivity index (χ0v) is 12.4. The van der Waals surface area contributed by atoms with Crippen LogP contribution in [0.1, 0.15) is 25.8 Å². The number of hydrogen-bond acceptors (Lipinski definition) is 2. The number of carbonyl (C=O) groups excluding carboxylic acids is 1. The van der Waals surface area contributed by atoms with Gasteiger partial charge in [0.15, 0.2) is 11.6 Å². The Bertz CT molecular complexity index is 461. The Balaban J connectivity index is 2.75. The fourth-order valence-corrected chi connectivity index (χ4v) is 1.97. The molecule has 1 unspecified atom stereocenters. The molecule has 20 heavy (non-hydrogen) atoms. The molecule has 0 bridgehead atoms. The molecule has 0 saturated heterocycles. The highest BCUT2D eigenvalue weighted by atomic mass is 19.2. The highest BCUT2D eigenvalue weighted by Gasteiger charge is 2.21. The van der Waals surface area contributed by atoms with Crippen LogP contribution in [0.25, 0.3) is 0 Å². The zero-order chi connectivity index (χ0) is 15.3. The second-order valence-electron chi connectivity index (χ2n) is 5.51. The molecule has 1 N–H and O–H groups in total. The second-order valence-corrected chi connectivity index (χ2v) is 5.51. The van der Waals surface area contributed by atoms with Crippen LogP contribution in [0, 0.1) is 17.6 Å². The maximum absolute atomic E-state index is 13.6. The van der Waals surface area contributed by atoms with Gasteiger partial charge in [0.1, 0.15) is 0 Å². The van der Waals surface area contributed by atoms with Gasteiger partial charge in [-0.1, -0.05) is 26.0 Å². The van der Waals surface area contributed by atoms with Gasteiger partial charge in [0.05, 0.1) is 6.04 Å². The van der Waals surface area contributed by atoms with Crippen molar-refractivity contribution in [2.24, 2.45) is 5.92 Å². The van der Waals surface area contributed by atoms with E-state index in [0.29, 0.717) is 12.3 Å². The number of likely N-dealkylation sites (N-methyl/N-ethyl adjacent to an activating group) is 1. The normalized spacial score (nSPS) is 12.6. The molecule has 5 heteroatoms. The average molecular weight is 284 g/mol. The maximum Gasteiger partial charge on any atom is 0.239 e. The number of amides is 1. The zero-order valence-electron chi connectivity index (χ0n) is 12.4. The van der Waals surface area contributed by atoms with Crippen molar-refractivity contribution in [3.05, 3.63) is 35.4 Å². The number of nitrogens with zero attached hydrogens (tertiary/aromatic N) is 1. The van der Waals surface area contributed by atoms with Gasteiger partial charge in [0, 0.05) is 26.2 Å². The van der Waals surface area contributed by atoms with E-state index < -0.39 is 17.7 Å². The first-order chi connectivity index (χ1) is 9.32. The molecule has 0 aliphatic carbocycles. The number of carbonyl (C=O) groups is 1. The topological polar surface area (TPSA) is 32.3 Å². The lowest BCUT2D eigenvalue weighted by Crippen LogP contribution is -2.44. The summed E-state index contributed by atoms with van der Waals surface area (Å²) in [6, 6.07) is 3.65. The Morgan fingerprint density at radius 2 is 1.95 bits per heavy atom. The first-order valence-corrected chi connectivity index (χ1v) is 6.70. The molecule has 1 aromatic rings. The highest BCUT2D eigenvalue weighted by Crippen LogP contribution is 2.13. The molecule has 112 valence electrons. The summed E-state index contributed by atoms with van der Waals surface area (Å²) in [5.74, 6) is -1.46. The Hall–Kier alpha value is -1.49. The lowest BCUT2D eigenvalue weighted by Gasteiger charge is -2.23. The van der Waals surface area contributed by atoms with Crippen LogP contribution in [0.15, 0.2) is 18.2 Å². The van der Waals surface area contributed by atoms with Gasteiger partial charge in [-0.25, -0.2) is 8.78 Å². The largest absolute Gasteiger partial charge is 0.347 e. The quantitative estimate of drug-likeness (QED) is 0.870. The van der Waals surface area contributed by atoms with E-state index in [9.17, 15) is 13.6 Å². The van der Waals surface area contributed by atoms with Crippen LogP contribution < -0.4 is 5.32 Å². The summed E-state index contributed by atoms with van der Waals surface area (Å²) in [5, 5.41) is 3.02. The second kappa shape index (κ2) is 7.33. The Morgan fingerprint density at radius 3 is 2.50 bits per heavy atom. The van der Waals surface area contributed by atoms with Crippen molar-refractivity contribution < 1.29 is 13.6 Å². The monoisotopic (exact) mass is 284 g/mol. The van der Waals surface area contributed by atoms with Gasteiger partial charge in [0.2, 0.25) is 5.91 Å². The van der Waals surface area contributed by atoms with Crippen LogP contribution in [0.2, 0.25) is 0 Å². The molecule has 1 atom stereocenters. The van der Waals surface area contributed by atoms with E-state index in [1.807, 2.05) is 13.8 Å². The molecule has 0 aliphatic rings. The molecule has 3 nitrogen and oxygen atoms in total. The van der Waals surface area contributed by atoms with Gasteiger partial charge >= 0.3 is 0 Å². The smallest absolute Gasteiger partial charge is 0.239 e. The Labute approximate surface area is 119 Å². The SMILES string of the molecule is CC(C)CC(NCc1cccc(F)c1F)C(=O)N(C)C. The summed E-state index contributed by atoms with van der Waals surface area (Å²) < 4.78 is 26.7. The Morgan fingerprint density at radius 1 is 1.30 bits per heavy atom. The van der Waals surface area contributed by atoms with Gasteiger partial charge in [0.25, 0.3) is 0 Å². The van der Waals surface area contributed by atoms with Gasteiger partial charge in [-0.15, -0.1) is 0 Å². The van der Waals surface area contributed by atoms with E-state index in [4.69, 9.17) is 0 Å². The minimum absolute atomic E-state index is 0.0597. The van der Waals surface area contributed by atoms with Crippen LogP contribution in [0.5, 0.6) is 0 Å². The van der Waals surface area contributed by atoms with Crippen LogP contribution in [0.3, 0.4) is 0 Å². The highest BCUT2D eigenvalue weighted by molar-refractivity contribution is 5.81. The predicted molar refractivity (Wildman–Crippen MR) is 75.1 cm³/mol. The number of benzene rings is 1. The number of hydrogen-bond donors (Lipinski definition) is 1. The third-order valence-electron chi connectivity index (χ3n) is 3.02. The minimum atomic E-state index is -0.872. The van der Waals surface area contributed by atoms with Crippen molar-refractivity contribution in [2.75, 3.05) is 14.1 Å². The summed E-state index contributed by atoms with van der Waals surface area (Å²) in [6.45, 7) is 4.15. The molecule has 1 aromatic carbocycles. The number of rotatable bonds is 6. The maximum atomic E-state index is 13.6. The standard InChI is InChI=1S/C15H22F2N2O/c1-10(2)8-13(15(20)19(3)4)18-9-11-6-5-7-12(16)14(11)17/h5-7,10,13,18H,8-9H2,1-4H3. The summed E-state index contributed by atoms with van der Waals surface area (Å²) in [6.07, 6.45) is 0.647. The van der Waals surface area contributed by atoms with E-state index in [1.165, 1.54) is 17.0 Å². The van der Waals surface area contributed by atoms with Crippen molar-refractivity contribution in [3.63, 3.8) is 0 Å². The van der Waals surface area contributed by atoms with Gasteiger partial charge < -0.3 is 10.2 Å². The van der Waals surface area contributed by atoms with E-state index in [1.54, 1.807) is 14.1 Å². The third kappa shape index (κ3) is 4.56. The Kier molecular flexibility index (Phi) is 6.07. The molecule has 1 amide bonds. The van der Waals surface area contributed by atoms with E-state index in [-0.39, 0.29) is 18.0 Å². The van der Waals surface area contributed by atoms with Crippen LogP contribution >= 0.6 is 0 Å². The minimum Gasteiger partial charge on any atom is -0.347 e. The van der Waals surface area contributed by atoms with Crippen molar-refractivity contribution >= 4 is 5.91 Å². The first-order valence-electron chi connectivity index (χ1n) is 6.70. The van der Waals surface area contributed by atoms with Crippen molar-refractivity contribution in [2.45, 2.75) is 32.9 Å². The fourth-order valence-electron chi connectivity index (χ4n) is 1.97. The van der Waals surface area contributed by atoms with E-state index in [2.05, 4.69) is 5.32 Å². The summed E-state index contributed by atoms with van der Waals surface area (Å²) in [7, 11) is 3.36. The lowest BCUT2D eigenvalue weighted by atomic mass is 10.0. The molecule has 0 aliphatic heterocycles. The van der Waals surface area contributed by atoms with Crippen molar-refractivity contribution in [1.29, 1.82) is 0 Å². The van der Waals surface area contributed by atoms with Gasteiger partial charge in [-0.2, -0.15) is 0 Å². The molecule has 0 saturated carbocycles. The molecular weight excluding hydrogens is 262 g/mol. The van der Waals surface area contributed by atoms with Crippen molar-refractivity contribution in [3.8, 4) is 0 Å². The lowest BCUT2D eigenvalue weighted by molar-refractivity contribution is -0.131. The molecular formula is C15H22F2N2O. The molecule has 0 heterocycles. The summed E-state index contributed by atoms with van der Waals surface area (Å²) in [5.41, 5.74) is 0.227. The number of nitrogens with one attached hydrogen (secondary N) is 1. The van der Waals surface area contributed by atoms with Crippen molar-refractivity contribution in [1.82, 2.24) is 10.2 Å². The fraction of sp³-hybridized carbons (Fsp3) is 0.533. The van der Waals surface area contributed by atoms with Crippen LogP contribution in [-0.4, -0.2) is 30.9 Å². The van der Waals surface area contributed by atoms with E-state index in [0.717, 1.165) is 6.07 Å². The molecule has 0 spiro atoms. The summed E-state index contributed by atoms with van der Waals surface area (Å²) in [4.78, 5) is 13.5. The first kappa shape index (κ1) is 16.6. The summed E-state index contributed by atoms with van der Waals surface area (Å²) >= 11 is 0. The average Bonchev–Trinajstić information content (AvgIpc) is 2.37. The van der Waals surface area contributed by atoms with Crippen LogP contribution in [-0.2, 0) is 11.3 Å². The van der Waals surface area contributed by atoms with Gasteiger partial charge in [-0.3, -0.25) is 4.79 Å². The predicted octanol–water partition coefficient (Wildman–Crippen LogP) is 2.56. The molecule has 1 rings (SSSR count). The number of halogens is 2. The molecule has 0 fully saturated rings. The third-order valence-corrected chi connectivity index (χ3v) is 3.02. The van der Waals surface area contributed by atoms with Gasteiger partial charge in [-0.05, 0) is 18.4 Å². The van der Waals surface area contributed by atoms with E-state index >= 15 is 0 Å². The molecule has 0 aromatic heterocycles.